The Balaban J connectivity index is 1.56. The third-order valence-electron chi connectivity index (χ3n) is 5.00. The zero-order valence-corrected chi connectivity index (χ0v) is 17.1. The van der Waals surface area contributed by atoms with E-state index in [1.165, 1.54) is 19.2 Å². The minimum atomic E-state index is -0.664. The Kier molecular flexibility index (Phi) is 6.39. The molecule has 1 aromatic rings. The quantitative estimate of drug-likeness (QED) is 0.410. The predicted molar refractivity (Wildman–Crippen MR) is 106 cm³/mol. The van der Waals surface area contributed by atoms with E-state index in [0.717, 1.165) is 4.90 Å². The molecule has 1 heterocycles. The third-order valence-corrected chi connectivity index (χ3v) is 5.00. The summed E-state index contributed by atoms with van der Waals surface area (Å²) in [6.45, 7) is 3.31. The molecule has 1 aliphatic carbocycles. The van der Waals surface area contributed by atoms with Crippen LogP contribution in [-0.4, -0.2) is 48.3 Å². The van der Waals surface area contributed by atoms with Crippen LogP contribution in [-0.2, 0) is 14.4 Å². The minimum absolute atomic E-state index is 0.0616. The van der Waals surface area contributed by atoms with Crippen LogP contribution in [0.15, 0.2) is 30.4 Å². The smallest absolute Gasteiger partial charge is 0.269 e. The van der Waals surface area contributed by atoms with Crippen LogP contribution in [0.3, 0.4) is 0 Å². The molecular formula is C21H25N3O6. The van der Waals surface area contributed by atoms with Gasteiger partial charge >= 0.3 is 0 Å². The van der Waals surface area contributed by atoms with Crippen molar-refractivity contribution in [1.82, 2.24) is 15.8 Å². The molecule has 0 aromatic heterocycles. The molecule has 160 valence electrons. The minimum Gasteiger partial charge on any atom is -0.493 e. The van der Waals surface area contributed by atoms with Gasteiger partial charge in [-0.25, -0.2) is 0 Å². The number of benzene rings is 1. The number of methoxy groups -OCH3 is 1. The number of carbonyl (C=O) groups is 4. The van der Waals surface area contributed by atoms with E-state index in [0.29, 0.717) is 24.3 Å². The van der Waals surface area contributed by atoms with Crippen molar-refractivity contribution in [2.24, 2.45) is 11.8 Å². The van der Waals surface area contributed by atoms with Crippen LogP contribution in [0.25, 0.3) is 0 Å². The average Bonchev–Trinajstić information content (AvgIpc) is 2.97. The van der Waals surface area contributed by atoms with Gasteiger partial charge in [-0.3, -0.25) is 34.9 Å². The monoisotopic (exact) mass is 415 g/mol. The van der Waals surface area contributed by atoms with Crippen LogP contribution in [0.2, 0.25) is 0 Å². The summed E-state index contributed by atoms with van der Waals surface area (Å²) in [5.74, 6) is -1.85. The lowest BCUT2D eigenvalue weighted by atomic mass is 9.85. The van der Waals surface area contributed by atoms with Gasteiger partial charge in [0.05, 0.1) is 25.0 Å². The number of imide groups is 1. The maximum Gasteiger partial charge on any atom is 0.269 e. The van der Waals surface area contributed by atoms with Crippen molar-refractivity contribution in [2.45, 2.75) is 32.8 Å². The Morgan fingerprint density at radius 2 is 1.70 bits per heavy atom. The molecule has 9 heteroatoms. The maximum atomic E-state index is 12.4. The van der Waals surface area contributed by atoms with E-state index in [4.69, 9.17) is 9.47 Å². The van der Waals surface area contributed by atoms with Crippen molar-refractivity contribution in [1.29, 1.82) is 0 Å². The zero-order chi connectivity index (χ0) is 21.8. The van der Waals surface area contributed by atoms with Crippen LogP contribution in [0.5, 0.6) is 11.5 Å². The van der Waals surface area contributed by atoms with Gasteiger partial charge in [0.25, 0.3) is 11.8 Å². The second-order valence-corrected chi connectivity index (χ2v) is 7.45. The number of allylic oxidation sites excluding steroid dienone is 2. The fourth-order valence-corrected chi connectivity index (χ4v) is 3.57. The van der Waals surface area contributed by atoms with Gasteiger partial charge in [0.15, 0.2) is 11.5 Å². The molecule has 1 fully saturated rings. The zero-order valence-electron chi connectivity index (χ0n) is 17.1. The fraction of sp³-hybridized carbons (Fsp3) is 0.429. The van der Waals surface area contributed by atoms with Gasteiger partial charge < -0.3 is 9.47 Å². The van der Waals surface area contributed by atoms with Gasteiger partial charge in [-0.1, -0.05) is 12.2 Å². The summed E-state index contributed by atoms with van der Waals surface area (Å²) in [6, 6.07) is 4.63. The molecule has 1 aromatic carbocycles. The molecule has 0 radical (unpaired) electrons. The summed E-state index contributed by atoms with van der Waals surface area (Å²) in [7, 11) is 1.46. The van der Waals surface area contributed by atoms with E-state index >= 15 is 0 Å². The number of rotatable bonds is 6. The van der Waals surface area contributed by atoms with Crippen molar-refractivity contribution in [2.75, 3.05) is 13.7 Å². The molecule has 2 N–H and O–H groups in total. The van der Waals surface area contributed by atoms with Crippen LogP contribution < -0.4 is 20.3 Å². The summed E-state index contributed by atoms with van der Waals surface area (Å²) in [6.07, 6.45) is 4.70. The Hall–Kier alpha value is -3.36. The van der Waals surface area contributed by atoms with Gasteiger partial charge in [0.1, 0.15) is 6.54 Å². The SMILES string of the molecule is COc1cc(C(=O)NNC(=O)CN2C(=O)[C@@H]3CC=CC[C@H]3C2=O)ccc1OC(C)C. The van der Waals surface area contributed by atoms with Crippen molar-refractivity contribution in [3.8, 4) is 11.5 Å². The molecule has 0 saturated carbocycles. The van der Waals surface area contributed by atoms with Gasteiger partial charge in [0.2, 0.25) is 11.8 Å². The van der Waals surface area contributed by atoms with E-state index in [9.17, 15) is 19.2 Å². The molecule has 1 saturated heterocycles. The summed E-state index contributed by atoms with van der Waals surface area (Å²) in [5.41, 5.74) is 4.77. The first kappa shape index (κ1) is 21.4. The highest BCUT2D eigenvalue weighted by Crippen LogP contribution is 2.34. The summed E-state index contributed by atoms with van der Waals surface area (Å²) < 4.78 is 10.8. The first-order valence-electron chi connectivity index (χ1n) is 9.76. The number of nitrogens with zero attached hydrogens (tertiary/aromatic N) is 1. The van der Waals surface area contributed by atoms with Crippen LogP contribution in [0.4, 0.5) is 0 Å². The number of fused-ring (bicyclic) bond motifs is 1. The highest BCUT2D eigenvalue weighted by Gasteiger charge is 2.47. The molecule has 2 atom stereocenters. The predicted octanol–water partition coefficient (Wildman–Crippen LogP) is 1.19. The Morgan fingerprint density at radius 1 is 1.07 bits per heavy atom. The van der Waals surface area contributed by atoms with E-state index < -0.39 is 30.2 Å². The summed E-state index contributed by atoms with van der Waals surface area (Å²) >= 11 is 0. The van der Waals surface area contributed by atoms with Crippen molar-refractivity contribution in [3.63, 3.8) is 0 Å². The summed E-state index contributed by atoms with van der Waals surface area (Å²) in [4.78, 5) is 50.3. The Bertz CT molecular complexity index is 869. The van der Waals surface area contributed by atoms with Crippen LogP contribution >= 0.6 is 0 Å². The molecule has 9 nitrogen and oxygen atoms in total. The van der Waals surface area contributed by atoms with Crippen molar-refractivity contribution in [3.05, 3.63) is 35.9 Å². The van der Waals surface area contributed by atoms with Gasteiger partial charge in [0, 0.05) is 5.56 Å². The number of hydrazine groups is 1. The number of ether oxygens (including phenoxy) is 2. The van der Waals surface area contributed by atoms with E-state index in [2.05, 4.69) is 10.9 Å². The second-order valence-electron chi connectivity index (χ2n) is 7.45. The molecule has 3 rings (SSSR count). The number of likely N-dealkylation sites (tertiary alicyclic amines) is 1. The average molecular weight is 415 g/mol. The topological polar surface area (TPSA) is 114 Å². The lowest BCUT2D eigenvalue weighted by molar-refractivity contribution is -0.143. The van der Waals surface area contributed by atoms with Crippen molar-refractivity contribution >= 4 is 23.6 Å². The van der Waals surface area contributed by atoms with Gasteiger partial charge in [-0.05, 0) is 44.9 Å². The molecule has 0 unspecified atom stereocenters. The molecule has 0 bridgehead atoms. The highest BCUT2D eigenvalue weighted by atomic mass is 16.5. The van der Waals surface area contributed by atoms with Crippen LogP contribution in [0.1, 0.15) is 37.0 Å². The number of nitrogens with one attached hydrogen (secondary N) is 2. The van der Waals surface area contributed by atoms with E-state index in [1.54, 1.807) is 6.07 Å². The lowest BCUT2D eigenvalue weighted by Gasteiger charge is -2.16. The molecule has 4 amide bonds. The Labute approximate surface area is 174 Å². The van der Waals surface area contributed by atoms with E-state index in [1.807, 2.05) is 26.0 Å². The van der Waals surface area contributed by atoms with Gasteiger partial charge in [-0.15, -0.1) is 0 Å². The fourth-order valence-electron chi connectivity index (χ4n) is 3.57. The van der Waals surface area contributed by atoms with Crippen molar-refractivity contribution < 1.29 is 28.7 Å². The molecule has 30 heavy (non-hydrogen) atoms. The third kappa shape index (κ3) is 4.45. The number of amides is 4. The Morgan fingerprint density at radius 3 is 2.27 bits per heavy atom. The highest BCUT2D eigenvalue weighted by molar-refractivity contribution is 6.07. The van der Waals surface area contributed by atoms with E-state index in [-0.39, 0.29) is 23.5 Å². The number of carbonyl (C=O) groups excluding carboxylic acids is 4. The first-order valence-corrected chi connectivity index (χ1v) is 9.76. The summed E-state index contributed by atoms with van der Waals surface area (Å²) in [5, 5.41) is 0. The maximum absolute atomic E-state index is 12.4. The number of hydrogen-bond donors (Lipinski definition) is 2. The van der Waals surface area contributed by atoms with Gasteiger partial charge in [-0.2, -0.15) is 0 Å². The molecule has 1 aliphatic heterocycles. The largest absolute Gasteiger partial charge is 0.493 e. The molecular weight excluding hydrogens is 390 g/mol. The normalized spacial score (nSPS) is 20.2. The standard InChI is InChI=1S/C21H25N3O6/c1-12(2)30-16-9-8-13(10-17(16)29-3)19(26)23-22-18(25)11-24-20(27)14-6-4-5-7-15(14)21(24)28/h4-5,8-10,12,14-15H,6-7,11H2,1-3H3,(H,22,25)(H,23,26)/t14-,15-/m1/s1. The lowest BCUT2D eigenvalue weighted by Crippen LogP contribution is -2.47. The second kappa shape index (κ2) is 8.98. The molecule has 2 aliphatic rings. The molecule has 0 spiro atoms. The van der Waals surface area contributed by atoms with Crippen LogP contribution in [0, 0.1) is 11.8 Å². The number of hydrogen-bond acceptors (Lipinski definition) is 6. The first-order chi connectivity index (χ1) is 14.3.